The van der Waals surface area contributed by atoms with E-state index in [0.29, 0.717) is 0 Å². The molecule has 0 amide bonds. The third-order valence-electron chi connectivity index (χ3n) is 2.91. The molecule has 2 N–H and O–H groups in total. The lowest BCUT2D eigenvalue weighted by Crippen LogP contribution is -1.84. The normalized spacial score (nSPS) is 10.9. The number of nitrogen functional groups attached to an aromatic ring is 1. The van der Waals surface area contributed by atoms with Gasteiger partial charge in [-0.15, -0.1) is 0 Å². The molecule has 0 aliphatic rings. The van der Waals surface area contributed by atoms with Gasteiger partial charge in [0.05, 0.1) is 6.20 Å². The monoisotopic (exact) mass is 224 g/mol. The second-order valence-corrected chi connectivity index (χ2v) is 4.04. The average Bonchev–Trinajstić information content (AvgIpc) is 2.75. The van der Waals surface area contributed by atoms with Gasteiger partial charge in [-0.1, -0.05) is 36.4 Å². The third-order valence-corrected chi connectivity index (χ3v) is 2.91. The Hall–Kier alpha value is -2.29. The molecule has 1 heterocycles. The lowest BCUT2D eigenvalue weighted by molar-refractivity contribution is 0.595. The van der Waals surface area contributed by atoms with E-state index in [4.69, 9.17) is 10.2 Å². The van der Waals surface area contributed by atoms with Crippen molar-refractivity contribution in [1.29, 1.82) is 0 Å². The van der Waals surface area contributed by atoms with Crippen molar-refractivity contribution in [2.24, 2.45) is 0 Å². The maximum absolute atomic E-state index is 5.53. The van der Waals surface area contributed by atoms with Gasteiger partial charge in [0.15, 0.2) is 5.76 Å². The first-order valence-corrected chi connectivity index (χ1v) is 5.46. The number of benzene rings is 2. The van der Waals surface area contributed by atoms with Crippen LogP contribution in [0, 0.1) is 6.92 Å². The van der Waals surface area contributed by atoms with Crippen molar-refractivity contribution in [2.45, 2.75) is 6.92 Å². The van der Waals surface area contributed by atoms with Crippen molar-refractivity contribution in [1.82, 2.24) is 4.98 Å². The number of nitrogens with zero attached hydrogens (tertiary/aromatic N) is 1. The summed E-state index contributed by atoms with van der Waals surface area (Å²) >= 11 is 0. The first-order chi connectivity index (χ1) is 8.25. The number of fused-ring (bicyclic) bond motifs is 1. The van der Waals surface area contributed by atoms with Gasteiger partial charge in [-0.3, -0.25) is 0 Å². The Labute approximate surface area is 98.9 Å². The van der Waals surface area contributed by atoms with Crippen LogP contribution < -0.4 is 5.73 Å². The Morgan fingerprint density at radius 3 is 2.71 bits per heavy atom. The molecule has 0 saturated carbocycles. The van der Waals surface area contributed by atoms with Gasteiger partial charge in [-0.25, -0.2) is 4.98 Å². The summed E-state index contributed by atoms with van der Waals surface area (Å²) in [6.45, 7) is 2.06. The number of aryl methyl sites for hydroxylation is 1. The molecule has 0 unspecified atom stereocenters. The molecule has 3 heteroatoms. The molecule has 0 aliphatic heterocycles. The predicted octanol–water partition coefficient (Wildman–Crippen LogP) is 3.39. The van der Waals surface area contributed by atoms with Crippen LogP contribution in [-0.4, -0.2) is 4.98 Å². The maximum Gasteiger partial charge on any atom is 0.292 e. The van der Waals surface area contributed by atoms with E-state index in [1.807, 2.05) is 12.1 Å². The van der Waals surface area contributed by atoms with Crippen LogP contribution in [0.2, 0.25) is 0 Å². The van der Waals surface area contributed by atoms with Crippen LogP contribution in [0.1, 0.15) is 5.56 Å². The largest absolute Gasteiger partial charge is 0.424 e. The Morgan fingerprint density at radius 1 is 1.12 bits per heavy atom. The molecule has 3 nitrogen and oxygen atoms in total. The fourth-order valence-electron chi connectivity index (χ4n) is 2.11. The van der Waals surface area contributed by atoms with E-state index in [9.17, 15) is 0 Å². The van der Waals surface area contributed by atoms with Crippen molar-refractivity contribution in [3.05, 3.63) is 48.2 Å². The zero-order chi connectivity index (χ0) is 11.8. The Kier molecular flexibility index (Phi) is 2.11. The van der Waals surface area contributed by atoms with Gasteiger partial charge in [0.1, 0.15) is 0 Å². The zero-order valence-electron chi connectivity index (χ0n) is 9.47. The molecule has 1 aromatic heterocycles. The van der Waals surface area contributed by atoms with Crippen LogP contribution in [0.15, 0.2) is 47.0 Å². The summed E-state index contributed by atoms with van der Waals surface area (Å²) in [6, 6.07) is 12.6. The molecule has 0 atom stereocenters. The smallest absolute Gasteiger partial charge is 0.292 e. The Morgan fingerprint density at radius 2 is 1.94 bits per heavy atom. The number of rotatable bonds is 1. The van der Waals surface area contributed by atoms with E-state index in [2.05, 4.69) is 36.2 Å². The summed E-state index contributed by atoms with van der Waals surface area (Å²) in [4.78, 5) is 3.95. The molecular weight excluding hydrogens is 212 g/mol. The van der Waals surface area contributed by atoms with Crippen LogP contribution in [0.25, 0.3) is 22.1 Å². The topological polar surface area (TPSA) is 52.0 Å². The van der Waals surface area contributed by atoms with Crippen molar-refractivity contribution in [2.75, 3.05) is 5.73 Å². The Balaban J connectivity index is 2.38. The van der Waals surface area contributed by atoms with E-state index in [1.54, 1.807) is 6.20 Å². The highest BCUT2D eigenvalue weighted by atomic mass is 16.4. The molecule has 17 heavy (non-hydrogen) atoms. The molecule has 0 saturated heterocycles. The van der Waals surface area contributed by atoms with Crippen LogP contribution >= 0.6 is 0 Å². The summed E-state index contributed by atoms with van der Waals surface area (Å²) in [5.41, 5.74) is 7.75. The quantitative estimate of drug-likeness (QED) is 0.689. The first-order valence-electron chi connectivity index (χ1n) is 5.46. The van der Waals surface area contributed by atoms with Crippen LogP contribution in [0.5, 0.6) is 0 Å². The molecule has 0 radical (unpaired) electrons. The number of hydrogen-bond acceptors (Lipinski definition) is 3. The average molecular weight is 224 g/mol. The number of nitrogens with two attached hydrogens (primary N) is 1. The lowest BCUT2D eigenvalue weighted by atomic mass is 9.98. The van der Waals surface area contributed by atoms with Gasteiger partial charge in [-0.2, -0.15) is 0 Å². The van der Waals surface area contributed by atoms with E-state index in [1.165, 1.54) is 5.39 Å². The van der Waals surface area contributed by atoms with Gasteiger partial charge >= 0.3 is 0 Å². The zero-order valence-corrected chi connectivity index (χ0v) is 9.47. The Bertz CT molecular complexity index is 686. The number of oxazole rings is 1. The third kappa shape index (κ3) is 1.56. The molecule has 0 bridgehead atoms. The van der Waals surface area contributed by atoms with Crippen LogP contribution in [0.4, 0.5) is 6.01 Å². The first kappa shape index (κ1) is 9.90. The minimum atomic E-state index is 0.201. The van der Waals surface area contributed by atoms with E-state index in [-0.39, 0.29) is 6.01 Å². The predicted molar refractivity (Wildman–Crippen MR) is 68.6 cm³/mol. The number of anilines is 1. The van der Waals surface area contributed by atoms with Crippen molar-refractivity contribution >= 4 is 16.8 Å². The summed E-state index contributed by atoms with van der Waals surface area (Å²) in [5, 5.41) is 2.34. The lowest BCUT2D eigenvalue weighted by Gasteiger charge is -2.07. The highest BCUT2D eigenvalue weighted by molar-refractivity contribution is 5.96. The molecule has 0 fully saturated rings. The van der Waals surface area contributed by atoms with Gasteiger partial charge in [-0.05, 0) is 23.3 Å². The molecule has 84 valence electrons. The summed E-state index contributed by atoms with van der Waals surface area (Å²) in [6.07, 6.45) is 1.67. The second kappa shape index (κ2) is 3.63. The molecule has 3 rings (SSSR count). The van der Waals surface area contributed by atoms with Gasteiger partial charge in [0.2, 0.25) is 0 Å². The van der Waals surface area contributed by atoms with E-state index < -0.39 is 0 Å². The fraction of sp³-hybridized carbons (Fsp3) is 0.0714. The molecule has 2 aromatic carbocycles. The molecule has 3 aromatic rings. The minimum Gasteiger partial charge on any atom is -0.424 e. The van der Waals surface area contributed by atoms with E-state index >= 15 is 0 Å². The summed E-state index contributed by atoms with van der Waals surface area (Å²) in [5.74, 6) is 0.719. The van der Waals surface area contributed by atoms with Crippen LogP contribution in [0.3, 0.4) is 0 Å². The molecular formula is C14H12N2O. The highest BCUT2D eigenvalue weighted by Crippen LogP contribution is 2.32. The SMILES string of the molecule is Cc1ccc2ccccc2c1-c1cnc(N)o1. The number of hydrogen-bond donors (Lipinski definition) is 1. The van der Waals surface area contributed by atoms with Crippen molar-refractivity contribution < 1.29 is 4.42 Å². The van der Waals surface area contributed by atoms with Gasteiger partial charge < -0.3 is 10.2 Å². The van der Waals surface area contributed by atoms with E-state index in [0.717, 1.165) is 22.3 Å². The second-order valence-electron chi connectivity index (χ2n) is 4.04. The van der Waals surface area contributed by atoms with Crippen molar-refractivity contribution in [3.8, 4) is 11.3 Å². The summed E-state index contributed by atoms with van der Waals surface area (Å²) < 4.78 is 5.43. The van der Waals surface area contributed by atoms with Crippen LogP contribution in [-0.2, 0) is 0 Å². The van der Waals surface area contributed by atoms with Crippen molar-refractivity contribution in [3.63, 3.8) is 0 Å². The van der Waals surface area contributed by atoms with Gasteiger partial charge in [0.25, 0.3) is 6.01 Å². The molecule has 0 aliphatic carbocycles. The number of aromatic nitrogens is 1. The molecule has 0 spiro atoms. The highest BCUT2D eigenvalue weighted by Gasteiger charge is 2.11. The standard InChI is InChI=1S/C14H12N2O/c1-9-6-7-10-4-2-3-5-11(10)13(9)12-8-16-14(15)17-12/h2-8H,1H3,(H2,15,16). The summed E-state index contributed by atoms with van der Waals surface area (Å²) in [7, 11) is 0. The maximum atomic E-state index is 5.53. The van der Waals surface area contributed by atoms with Gasteiger partial charge in [0, 0.05) is 5.56 Å². The fourth-order valence-corrected chi connectivity index (χ4v) is 2.11. The minimum absolute atomic E-state index is 0.201.